The quantitative estimate of drug-likeness (QED) is 0.301. The summed E-state index contributed by atoms with van der Waals surface area (Å²) in [5.74, 6) is 1.83. The molecule has 0 bridgehead atoms. The van der Waals surface area contributed by atoms with Crippen LogP contribution >= 0.6 is 0 Å². The van der Waals surface area contributed by atoms with E-state index in [1.54, 1.807) is 6.26 Å². The Morgan fingerprint density at radius 3 is 2.56 bits per heavy atom. The van der Waals surface area contributed by atoms with Gasteiger partial charge in [-0.25, -0.2) is 4.98 Å². The minimum absolute atomic E-state index is 0.211. The van der Waals surface area contributed by atoms with Crippen LogP contribution in [0.4, 0.5) is 0 Å². The monoisotopic (exact) mass is 430 g/mol. The highest BCUT2D eigenvalue weighted by atomic mass is 16.5. The fraction of sp³-hybridized carbons (Fsp3) is 0.231. The molecule has 0 saturated heterocycles. The number of rotatable bonds is 11. The molecule has 1 N–H and O–H groups in total. The molecule has 2 aromatic heterocycles. The standard InChI is InChI=1S/C26H26N2O4/c29-25(30)10-2-1-5-17-31-24-8-4-3-7-22(24)19-28-16-15-27-26(28)21-13-11-20(12-14-21)23-9-6-18-32-23/h3-4,6-9,11-16,18H,1-2,5,10,17,19H2,(H,29,30). The summed E-state index contributed by atoms with van der Waals surface area (Å²) in [5, 5.41) is 8.73. The smallest absolute Gasteiger partial charge is 0.303 e. The van der Waals surface area contributed by atoms with Gasteiger partial charge in [0.2, 0.25) is 0 Å². The SMILES string of the molecule is O=C(O)CCCCCOc1ccccc1Cn1ccnc1-c1ccc(-c2ccco2)cc1. The van der Waals surface area contributed by atoms with Crippen LogP contribution in [0.5, 0.6) is 5.75 Å². The Hall–Kier alpha value is -3.80. The average Bonchev–Trinajstić information content (AvgIpc) is 3.50. The van der Waals surface area contributed by atoms with Crippen LogP contribution in [-0.4, -0.2) is 27.2 Å². The molecular formula is C26H26N2O4. The molecule has 0 aliphatic carbocycles. The molecule has 4 rings (SSSR count). The van der Waals surface area contributed by atoms with Gasteiger partial charge in [0, 0.05) is 35.5 Å². The summed E-state index contributed by atoms with van der Waals surface area (Å²) in [6, 6.07) is 20.0. The van der Waals surface area contributed by atoms with Gasteiger partial charge in [-0.2, -0.15) is 0 Å². The number of benzene rings is 2. The van der Waals surface area contributed by atoms with Crippen molar-refractivity contribution in [1.82, 2.24) is 9.55 Å². The molecule has 4 aromatic rings. The summed E-state index contributed by atoms with van der Waals surface area (Å²) in [5.41, 5.74) is 3.13. The molecule has 0 atom stereocenters. The first kappa shape index (κ1) is 21.4. The van der Waals surface area contributed by atoms with E-state index in [1.807, 2.05) is 54.9 Å². The lowest BCUT2D eigenvalue weighted by atomic mass is 10.1. The Morgan fingerprint density at radius 1 is 0.969 bits per heavy atom. The molecule has 2 heterocycles. The van der Waals surface area contributed by atoms with Crippen molar-refractivity contribution >= 4 is 5.97 Å². The lowest BCUT2D eigenvalue weighted by Gasteiger charge is -2.14. The summed E-state index contributed by atoms with van der Waals surface area (Å²) < 4.78 is 13.6. The number of imidazole rings is 1. The second kappa shape index (κ2) is 10.5. The van der Waals surface area contributed by atoms with Gasteiger partial charge in [-0.1, -0.05) is 42.5 Å². The first-order valence-corrected chi connectivity index (χ1v) is 10.8. The number of carbonyl (C=O) groups is 1. The Balaban J connectivity index is 1.41. The van der Waals surface area contributed by atoms with E-state index in [0.717, 1.165) is 46.9 Å². The Kier molecular flexibility index (Phi) is 7.02. The predicted molar refractivity (Wildman–Crippen MR) is 123 cm³/mol. The Bertz CT molecular complexity index is 1130. The summed E-state index contributed by atoms with van der Waals surface area (Å²) >= 11 is 0. The van der Waals surface area contributed by atoms with E-state index in [-0.39, 0.29) is 6.42 Å². The highest BCUT2D eigenvalue weighted by Gasteiger charge is 2.10. The van der Waals surface area contributed by atoms with E-state index in [1.165, 1.54) is 0 Å². The normalized spacial score (nSPS) is 10.9. The number of carboxylic acids is 1. The van der Waals surface area contributed by atoms with Gasteiger partial charge in [-0.15, -0.1) is 0 Å². The predicted octanol–water partition coefficient (Wildman–Crippen LogP) is 5.88. The number of aliphatic carboxylic acids is 1. The first-order chi connectivity index (χ1) is 15.7. The molecule has 0 unspecified atom stereocenters. The van der Waals surface area contributed by atoms with Crippen LogP contribution in [0.15, 0.2) is 83.7 Å². The van der Waals surface area contributed by atoms with Crippen molar-refractivity contribution in [2.24, 2.45) is 0 Å². The van der Waals surface area contributed by atoms with E-state index in [2.05, 4.69) is 27.8 Å². The third-order valence-corrected chi connectivity index (χ3v) is 5.27. The van der Waals surface area contributed by atoms with Gasteiger partial charge in [0.15, 0.2) is 0 Å². The molecule has 164 valence electrons. The molecule has 6 heteroatoms. The number of para-hydroxylation sites is 1. The van der Waals surface area contributed by atoms with Crippen molar-refractivity contribution in [2.75, 3.05) is 6.61 Å². The number of unbranched alkanes of at least 4 members (excludes halogenated alkanes) is 2. The lowest BCUT2D eigenvalue weighted by molar-refractivity contribution is -0.137. The number of carboxylic acid groups (broad SMARTS) is 1. The minimum Gasteiger partial charge on any atom is -0.493 e. The number of hydrogen-bond acceptors (Lipinski definition) is 4. The summed E-state index contributed by atoms with van der Waals surface area (Å²) in [6.45, 7) is 1.21. The van der Waals surface area contributed by atoms with Crippen molar-refractivity contribution in [3.05, 3.63) is 84.9 Å². The molecule has 0 spiro atoms. The second-order valence-electron chi connectivity index (χ2n) is 7.59. The number of aromatic nitrogens is 2. The molecular weight excluding hydrogens is 404 g/mol. The molecule has 0 aliphatic heterocycles. The number of ether oxygens (including phenoxy) is 1. The summed E-state index contributed by atoms with van der Waals surface area (Å²) in [6.07, 6.45) is 8.01. The maximum atomic E-state index is 10.6. The summed E-state index contributed by atoms with van der Waals surface area (Å²) in [7, 11) is 0. The van der Waals surface area contributed by atoms with E-state index < -0.39 is 5.97 Å². The molecule has 2 aromatic carbocycles. The molecule has 0 radical (unpaired) electrons. The van der Waals surface area contributed by atoms with Crippen molar-refractivity contribution in [2.45, 2.75) is 32.2 Å². The van der Waals surface area contributed by atoms with Crippen LogP contribution in [0.2, 0.25) is 0 Å². The van der Waals surface area contributed by atoms with Crippen LogP contribution in [0, 0.1) is 0 Å². The maximum Gasteiger partial charge on any atom is 0.303 e. The average molecular weight is 431 g/mol. The van der Waals surface area contributed by atoms with Crippen LogP contribution in [0.3, 0.4) is 0 Å². The molecule has 32 heavy (non-hydrogen) atoms. The van der Waals surface area contributed by atoms with E-state index in [9.17, 15) is 4.79 Å². The molecule has 0 aliphatic rings. The lowest BCUT2D eigenvalue weighted by Crippen LogP contribution is -2.05. The number of nitrogens with zero attached hydrogens (tertiary/aromatic N) is 2. The van der Waals surface area contributed by atoms with Gasteiger partial charge < -0.3 is 18.8 Å². The Morgan fingerprint density at radius 2 is 1.78 bits per heavy atom. The zero-order valence-electron chi connectivity index (χ0n) is 17.8. The van der Waals surface area contributed by atoms with Crippen molar-refractivity contribution in [3.63, 3.8) is 0 Å². The highest BCUT2D eigenvalue weighted by Crippen LogP contribution is 2.26. The summed E-state index contributed by atoms with van der Waals surface area (Å²) in [4.78, 5) is 15.2. The maximum absolute atomic E-state index is 10.6. The second-order valence-corrected chi connectivity index (χ2v) is 7.59. The molecule has 0 amide bonds. The zero-order chi connectivity index (χ0) is 22.2. The van der Waals surface area contributed by atoms with Crippen molar-refractivity contribution in [1.29, 1.82) is 0 Å². The van der Waals surface area contributed by atoms with Crippen LogP contribution < -0.4 is 4.74 Å². The number of furan rings is 1. The third kappa shape index (κ3) is 5.46. The van der Waals surface area contributed by atoms with Crippen LogP contribution in [0.25, 0.3) is 22.7 Å². The van der Waals surface area contributed by atoms with Gasteiger partial charge >= 0.3 is 5.97 Å². The minimum atomic E-state index is -0.747. The van der Waals surface area contributed by atoms with E-state index in [0.29, 0.717) is 19.6 Å². The van der Waals surface area contributed by atoms with E-state index >= 15 is 0 Å². The van der Waals surface area contributed by atoms with E-state index in [4.69, 9.17) is 14.3 Å². The third-order valence-electron chi connectivity index (χ3n) is 5.27. The van der Waals surface area contributed by atoms with Gasteiger partial charge in [0.25, 0.3) is 0 Å². The van der Waals surface area contributed by atoms with Crippen molar-refractivity contribution in [3.8, 4) is 28.5 Å². The number of hydrogen-bond donors (Lipinski definition) is 1. The van der Waals surface area contributed by atoms with Gasteiger partial charge in [0.1, 0.15) is 17.3 Å². The van der Waals surface area contributed by atoms with Gasteiger partial charge in [-0.05, 0) is 37.5 Å². The topological polar surface area (TPSA) is 77.5 Å². The van der Waals surface area contributed by atoms with Crippen LogP contribution in [-0.2, 0) is 11.3 Å². The Labute approximate surface area is 187 Å². The zero-order valence-corrected chi connectivity index (χ0v) is 17.8. The van der Waals surface area contributed by atoms with Gasteiger partial charge in [0.05, 0.1) is 19.4 Å². The molecule has 0 fully saturated rings. The fourth-order valence-corrected chi connectivity index (χ4v) is 3.62. The van der Waals surface area contributed by atoms with Crippen LogP contribution in [0.1, 0.15) is 31.2 Å². The first-order valence-electron chi connectivity index (χ1n) is 10.8. The van der Waals surface area contributed by atoms with Crippen molar-refractivity contribution < 1.29 is 19.1 Å². The molecule has 0 saturated carbocycles. The molecule has 6 nitrogen and oxygen atoms in total. The fourth-order valence-electron chi connectivity index (χ4n) is 3.62. The highest BCUT2D eigenvalue weighted by molar-refractivity contribution is 5.66. The van der Waals surface area contributed by atoms with Gasteiger partial charge in [-0.3, -0.25) is 4.79 Å². The largest absolute Gasteiger partial charge is 0.493 e.